The molecule has 0 aromatic heterocycles. The summed E-state index contributed by atoms with van der Waals surface area (Å²) in [5.41, 5.74) is 2.34. The Morgan fingerprint density at radius 2 is 1.71 bits per heavy atom. The first-order chi connectivity index (χ1) is 14.7. The van der Waals surface area contributed by atoms with Crippen molar-refractivity contribution in [3.63, 3.8) is 0 Å². The summed E-state index contributed by atoms with van der Waals surface area (Å²) in [4.78, 5) is 12.1. The van der Waals surface area contributed by atoms with Crippen LogP contribution < -0.4 is 14.3 Å². The van der Waals surface area contributed by atoms with Crippen molar-refractivity contribution in [2.24, 2.45) is 0 Å². The van der Waals surface area contributed by atoms with E-state index in [1.807, 2.05) is 0 Å². The van der Waals surface area contributed by atoms with Crippen LogP contribution in [0.2, 0.25) is 0 Å². The maximum Gasteiger partial charge on any atom is 0.248 e. The van der Waals surface area contributed by atoms with Gasteiger partial charge in [0.1, 0.15) is 0 Å². The van der Waals surface area contributed by atoms with Crippen molar-refractivity contribution in [3.05, 3.63) is 60.2 Å². The summed E-state index contributed by atoms with van der Waals surface area (Å²) in [6.07, 6.45) is 4.15. The van der Waals surface area contributed by atoms with Gasteiger partial charge in [0.2, 0.25) is 26.0 Å². The molecule has 31 heavy (non-hydrogen) atoms. The van der Waals surface area contributed by atoms with Gasteiger partial charge in [-0.1, -0.05) is 19.1 Å². The number of carbonyl (C=O) groups is 1. The van der Waals surface area contributed by atoms with Crippen LogP contribution in [0.4, 0.5) is 17.1 Å². The highest BCUT2D eigenvalue weighted by Crippen LogP contribution is 2.24. The van der Waals surface area contributed by atoms with Crippen LogP contribution >= 0.6 is 0 Å². The van der Waals surface area contributed by atoms with Gasteiger partial charge < -0.3 is 5.32 Å². The Kier molecular flexibility index (Phi) is 7.01. The molecular weight excluding hydrogens is 438 g/mol. The summed E-state index contributed by atoms with van der Waals surface area (Å²) in [6, 6.07) is 13.3. The Balaban J connectivity index is 1.57. The number of rotatable bonds is 8. The average molecular weight is 464 g/mol. The normalized spacial score (nSPS) is 15.8. The molecule has 0 bridgehead atoms. The van der Waals surface area contributed by atoms with Crippen molar-refractivity contribution in [2.75, 3.05) is 32.4 Å². The van der Waals surface area contributed by atoms with Gasteiger partial charge in [0.15, 0.2) is 0 Å². The van der Waals surface area contributed by atoms with Crippen LogP contribution in [0.25, 0.3) is 6.08 Å². The van der Waals surface area contributed by atoms with Gasteiger partial charge in [0, 0.05) is 24.0 Å². The minimum Gasteiger partial charge on any atom is -0.323 e. The van der Waals surface area contributed by atoms with Gasteiger partial charge in [-0.25, -0.2) is 16.8 Å². The van der Waals surface area contributed by atoms with Crippen molar-refractivity contribution >= 4 is 49.1 Å². The molecule has 1 fully saturated rings. The molecule has 1 heterocycles. The van der Waals surface area contributed by atoms with Crippen LogP contribution in [0.3, 0.4) is 0 Å². The van der Waals surface area contributed by atoms with Crippen LogP contribution in [-0.2, 0) is 24.8 Å². The Labute approximate surface area is 183 Å². The maximum atomic E-state index is 12.1. The first-order valence-electron chi connectivity index (χ1n) is 9.89. The topological polar surface area (TPSA) is 113 Å². The van der Waals surface area contributed by atoms with Gasteiger partial charge in [0.05, 0.1) is 17.2 Å². The van der Waals surface area contributed by atoms with E-state index >= 15 is 0 Å². The van der Waals surface area contributed by atoms with E-state index in [0.29, 0.717) is 36.4 Å². The SMILES string of the molecule is CCCS(=O)(=O)Nc1ccc(NC(=O)/C=C/c2ccc(N3CCCS3(=O)=O)cc2)cc1. The molecule has 2 aromatic carbocycles. The summed E-state index contributed by atoms with van der Waals surface area (Å²) >= 11 is 0. The summed E-state index contributed by atoms with van der Waals surface area (Å²) in [5, 5.41) is 2.70. The molecule has 0 unspecified atom stereocenters. The number of hydrogen-bond donors (Lipinski definition) is 2. The van der Waals surface area contributed by atoms with Crippen molar-refractivity contribution < 1.29 is 21.6 Å². The Morgan fingerprint density at radius 3 is 2.29 bits per heavy atom. The van der Waals surface area contributed by atoms with Crippen LogP contribution in [0.5, 0.6) is 0 Å². The highest BCUT2D eigenvalue weighted by atomic mass is 32.2. The zero-order valence-electron chi connectivity index (χ0n) is 17.1. The molecule has 0 radical (unpaired) electrons. The fraction of sp³-hybridized carbons (Fsp3) is 0.286. The lowest BCUT2D eigenvalue weighted by atomic mass is 10.2. The van der Waals surface area contributed by atoms with Crippen LogP contribution in [0.1, 0.15) is 25.3 Å². The van der Waals surface area contributed by atoms with Gasteiger partial charge >= 0.3 is 0 Å². The molecular formula is C21H25N3O5S2. The van der Waals surface area contributed by atoms with E-state index in [2.05, 4.69) is 10.0 Å². The molecule has 2 N–H and O–H groups in total. The van der Waals surface area contributed by atoms with Crippen molar-refractivity contribution in [1.29, 1.82) is 0 Å². The van der Waals surface area contributed by atoms with Crippen LogP contribution in [0, 0.1) is 0 Å². The molecule has 3 rings (SSSR count). The monoisotopic (exact) mass is 463 g/mol. The number of sulfonamides is 2. The molecule has 0 aliphatic carbocycles. The van der Waals surface area contributed by atoms with E-state index in [4.69, 9.17) is 0 Å². The fourth-order valence-electron chi connectivity index (χ4n) is 3.16. The van der Waals surface area contributed by atoms with E-state index in [9.17, 15) is 21.6 Å². The van der Waals surface area contributed by atoms with Gasteiger partial charge in [-0.2, -0.15) is 0 Å². The van der Waals surface area contributed by atoms with Crippen molar-refractivity contribution in [2.45, 2.75) is 19.8 Å². The van der Waals surface area contributed by atoms with Gasteiger partial charge in [-0.15, -0.1) is 0 Å². The van der Waals surface area contributed by atoms with E-state index in [-0.39, 0.29) is 17.4 Å². The van der Waals surface area contributed by atoms with Crippen molar-refractivity contribution in [1.82, 2.24) is 0 Å². The van der Waals surface area contributed by atoms with Crippen LogP contribution in [0.15, 0.2) is 54.6 Å². The Morgan fingerprint density at radius 1 is 1.06 bits per heavy atom. The number of amides is 1. The molecule has 1 aliphatic rings. The van der Waals surface area contributed by atoms with E-state index in [1.165, 1.54) is 10.4 Å². The summed E-state index contributed by atoms with van der Waals surface area (Å²) in [5.74, 6) is -0.128. The van der Waals surface area contributed by atoms with Gasteiger partial charge in [-0.3, -0.25) is 13.8 Å². The zero-order chi connectivity index (χ0) is 22.5. The van der Waals surface area contributed by atoms with Crippen LogP contribution in [-0.4, -0.2) is 40.8 Å². The molecule has 0 atom stereocenters. The largest absolute Gasteiger partial charge is 0.323 e. The maximum absolute atomic E-state index is 12.1. The highest BCUT2D eigenvalue weighted by molar-refractivity contribution is 7.93. The summed E-state index contributed by atoms with van der Waals surface area (Å²) < 4.78 is 51.4. The number of carbonyl (C=O) groups excluding carboxylic acids is 1. The first-order valence-corrected chi connectivity index (χ1v) is 13.1. The molecule has 0 saturated carbocycles. The van der Waals surface area contributed by atoms with Gasteiger partial charge in [0.25, 0.3) is 0 Å². The number of anilines is 3. The second-order valence-electron chi connectivity index (χ2n) is 7.15. The standard InChI is InChI=1S/C21H25N3O5S2/c1-2-15-30(26,27)23-19-9-7-18(8-10-19)22-21(25)13-6-17-4-11-20(12-5-17)24-14-3-16-31(24,28)29/h4-13,23H,2-3,14-16H2,1H3,(H,22,25)/b13-6+. The van der Waals surface area contributed by atoms with E-state index < -0.39 is 20.0 Å². The number of hydrogen-bond acceptors (Lipinski definition) is 5. The smallest absolute Gasteiger partial charge is 0.248 e. The lowest BCUT2D eigenvalue weighted by Crippen LogP contribution is -2.24. The predicted molar refractivity (Wildman–Crippen MR) is 124 cm³/mol. The third-order valence-electron chi connectivity index (χ3n) is 4.61. The highest BCUT2D eigenvalue weighted by Gasteiger charge is 2.28. The Hall–Kier alpha value is -2.85. The summed E-state index contributed by atoms with van der Waals surface area (Å²) in [7, 11) is -6.58. The molecule has 1 aliphatic heterocycles. The van der Waals surface area contributed by atoms with E-state index in [0.717, 1.165) is 5.56 Å². The molecule has 0 spiro atoms. The third-order valence-corrected chi connectivity index (χ3v) is 7.97. The first kappa shape index (κ1) is 22.8. The van der Waals surface area contributed by atoms with Gasteiger partial charge in [-0.05, 0) is 60.9 Å². The molecule has 8 nitrogen and oxygen atoms in total. The number of benzene rings is 2. The lowest BCUT2D eigenvalue weighted by Gasteiger charge is -2.16. The summed E-state index contributed by atoms with van der Waals surface area (Å²) in [6.45, 7) is 2.27. The minimum atomic E-state index is -3.36. The molecule has 166 valence electrons. The molecule has 2 aromatic rings. The predicted octanol–water partition coefficient (Wildman–Crippen LogP) is 3.03. The van der Waals surface area contributed by atoms with E-state index in [1.54, 1.807) is 61.5 Å². The fourth-order valence-corrected chi connectivity index (χ4v) is 5.86. The number of nitrogens with zero attached hydrogens (tertiary/aromatic N) is 1. The third kappa shape index (κ3) is 6.31. The molecule has 10 heteroatoms. The molecule has 1 saturated heterocycles. The number of nitrogens with one attached hydrogen (secondary N) is 2. The zero-order valence-corrected chi connectivity index (χ0v) is 18.7. The van der Waals surface area contributed by atoms with Crippen molar-refractivity contribution in [3.8, 4) is 0 Å². The minimum absolute atomic E-state index is 0.0467. The second-order valence-corrected chi connectivity index (χ2v) is 11.0. The average Bonchev–Trinajstić information content (AvgIpc) is 3.07. The molecule has 1 amide bonds. The lowest BCUT2D eigenvalue weighted by molar-refractivity contribution is -0.111. The quantitative estimate of drug-likeness (QED) is 0.585. The second kappa shape index (κ2) is 9.52. The Bertz CT molecular complexity index is 1160.